The predicted octanol–water partition coefficient (Wildman–Crippen LogP) is 3.23. The van der Waals surface area contributed by atoms with Gasteiger partial charge in [0.05, 0.1) is 4.90 Å². The summed E-state index contributed by atoms with van der Waals surface area (Å²) < 4.78 is 28.4. The molecule has 0 saturated carbocycles. The third kappa shape index (κ3) is 4.95. The van der Waals surface area contributed by atoms with E-state index in [-0.39, 0.29) is 4.90 Å². The third-order valence-corrected chi connectivity index (χ3v) is 4.10. The fourth-order valence-electron chi connectivity index (χ4n) is 1.76. The van der Waals surface area contributed by atoms with Gasteiger partial charge in [0.1, 0.15) is 12.4 Å². The Hall–Kier alpha value is -1.72. The van der Waals surface area contributed by atoms with Crippen LogP contribution in [0.4, 0.5) is 5.69 Å². The minimum atomic E-state index is -3.21. The molecule has 0 unspecified atom stereocenters. The van der Waals surface area contributed by atoms with Crippen LogP contribution < -0.4 is 10.1 Å². The second-order valence-corrected chi connectivity index (χ2v) is 6.98. The molecule has 2 aromatic rings. The van der Waals surface area contributed by atoms with Crippen molar-refractivity contribution in [3.05, 3.63) is 53.6 Å². The van der Waals surface area contributed by atoms with Crippen LogP contribution in [0.15, 0.2) is 53.4 Å². The van der Waals surface area contributed by atoms with Crippen molar-refractivity contribution in [3.63, 3.8) is 0 Å². The van der Waals surface area contributed by atoms with Crippen LogP contribution in [0.1, 0.15) is 0 Å². The maximum absolute atomic E-state index is 11.5. The molecule has 0 bridgehead atoms. The summed E-state index contributed by atoms with van der Waals surface area (Å²) >= 11 is 5.89. The summed E-state index contributed by atoms with van der Waals surface area (Å²) in [6.07, 6.45) is 1.17. The molecule has 1 N–H and O–H groups in total. The molecule has 0 fully saturated rings. The smallest absolute Gasteiger partial charge is 0.175 e. The highest BCUT2D eigenvalue weighted by molar-refractivity contribution is 7.90. The number of rotatable bonds is 6. The van der Waals surface area contributed by atoms with Crippen LogP contribution in [0, 0.1) is 0 Å². The van der Waals surface area contributed by atoms with Crippen molar-refractivity contribution >= 4 is 27.1 Å². The maximum Gasteiger partial charge on any atom is 0.175 e. The molecule has 0 aliphatic carbocycles. The lowest BCUT2D eigenvalue weighted by Gasteiger charge is -2.09. The lowest BCUT2D eigenvalue weighted by molar-refractivity contribution is 0.332. The van der Waals surface area contributed by atoms with Crippen molar-refractivity contribution < 1.29 is 13.2 Å². The number of sulfone groups is 1. The first-order chi connectivity index (χ1) is 9.95. The number of benzene rings is 2. The molecule has 0 radical (unpaired) electrons. The van der Waals surface area contributed by atoms with Gasteiger partial charge in [0, 0.05) is 23.5 Å². The molecule has 0 aliphatic rings. The first-order valence-corrected chi connectivity index (χ1v) is 8.64. The molecule has 2 rings (SSSR count). The van der Waals surface area contributed by atoms with Gasteiger partial charge >= 0.3 is 0 Å². The van der Waals surface area contributed by atoms with Gasteiger partial charge in [-0.2, -0.15) is 0 Å². The predicted molar refractivity (Wildman–Crippen MR) is 85.0 cm³/mol. The van der Waals surface area contributed by atoms with E-state index in [2.05, 4.69) is 5.32 Å². The molecule has 0 aromatic heterocycles. The fourth-order valence-corrected chi connectivity index (χ4v) is 2.60. The van der Waals surface area contributed by atoms with Gasteiger partial charge in [0.2, 0.25) is 0 Å². The summed E-state index contributed by atoms with van der Waals surface area (Å²) in [7, 11) is -3.21. The van der Waals surface area contributed by atoms with E-state index in [1.165, 1.54) is 12.3 Å². The maximum atomic E-state index is 11.5. The lowest BCUT2D eigenvalue weighted by atomic mass is 10.3. The van der Waals surface area contributed by atoms with Crippen LogP contribution in [-0.4, -0.2) is 27.8 Å². The Labute approximate surface area is 129 Å². The van der Waals surface area contributed by atoms with E-state index in [0.29, 0.717) is 23.9 Å². The van der Waals surface area contributed by atoms with Crippen LogP contribution in [-0.2, 0) is 9.84 Å². The van der Waals surface area contributed by atoms with E-state index in [1.54, 1.807) is 24.3 Å². The fraction of sp³-hybridized carbons (Fsp3) is 0.200. The summed E-state index contributed by atoms with van der Waals surface area (Å²) in [6, 6.07) is 13.9. The van der Waals surface area contributed by atoms with Gasteiger partial charge < -0.3 is 10.1 Å². The van der Waals surface area contributed by atoms with Crippen molar-refractivity contribution in [2.24, 2.45) is 0 Å². The number of nitrogens with one attached hydrogen (secondary N) is 1. The van der Waals surface area contributed by atoms with E-state index in [0.717, 1.165) is 5.69 Å². The van der Waals surface area contributed by atoms with E-state index in [1.807, 2.05) is 18.2 Å². The second-order valence-electron chi connectivity index (χ2n) is 4.53. The van der Waals surface area contributed by atoms with Gasteiger partial charge in [0.25, 0.3) is 0 Å². The highest BCUT2D eigenvalue weighted by atomic mass is 35.5. The Bertz CT molecular complexity index is 716. The molecule has 0 atom stereocenters. The van der Waals surface area contributed by atoms with Gasteiger partial charge in [-0.25, -0.2) is 8.42 Å². The molecular formula is C15H16ClNO3S. The van der Waals surface area contributed by atoms with Gasteiger partial charge in [-0.3, -0.25) is 0 Å². The topological polar surface area (TPSA) is 55.4 Å². The Morgan fingerprint density at radius 3 is 2.62 bits per heavy atom. The zero-order valence-corrected chi connectivity index (χ0v) is 13.1. The second kappa shape index (κ2) is 6.83. The molecule has 4 nitrogen and oxygen atoms in total. The van der Waals surface area contributed by atoms with Crippen molar-refractivity contribution in [2.75, 3.05) is 24.7 Å². The van der Waals surface area contributed by atoms with Crippen LogP contribution in [0.25, 0.3) is 0 Å². The Kier molecular flexibility index (Phi) is 5.09. The van der Waals surface area contributed by atoms with Crippen molar-refractivity contribution in [1.29, 1.82) is 0 Å². The molecule has 21 heavy (non-hydrogen) atoms. The van der Waals surface area contributed by atoms with E-state index >= 15 is 0 Å². The van der Waals surface area contributed by atoms with Crippen LogP contribution >= 0.6 is 11.6 Å². The van der Waals surface area contributed by atoms with Crippen molar-refractivity contribution in [3.8, 4) is 5.75 Å². The molecule has 0 spiro atoms. The Morgan fingerprint density at radius 1 is 1.14 bits per heavy atom. The zero-order chi connectivity index (χ0) is 15.3. The summed E-state index contributed by atoms with van der Waals surface area (Å²) in [4.78, 5) is 0.253. The first-order valence-electron chi connectivity index (χ1n) is 6.37. The number of anilines is 1. The molecule has 2 aromatic carbocycles. The molecule has 0 heterocycles. The Balaban J connectivity index is 1.87. The molecule has 0 saturated heterocycles. The average Bonchev–Trinajstić information content (AvgIpc) is 2.43. The number of halogens is 1. The van der Waals surface area contributed by atoms with Crippen LogP contribution in [0.3, 0.4) is 0 Å². The monoisotopic (exact) mass is 325 g/mol. The Morgan fingerprint density at radius 2 is 1.90 bits per heavy atom. The van der Waals surface area contributed by atoms with Gasteiger partial charge in [-0.15, -0.1) is 0 Å². The van der Waals surface area contributed by atoms with Gasteiger partial charge in [-0.05, 0) is 36.4 Å². The zero-order valence-electron chi connectivity index (χ0n) is 11.5. The standard InChI is InChI=1S/C15H16ClNO3S/c1-21(18,19)15-7-3-6-14(11-15)20-9-8-17-13-5-2-4-12(16)10-13/h2-7,10-11,17H,8-9H2,1H3. The molecular weight excluding hydrogens is 310 g/mol. The third-order valence-electron chi connectivity index (χ3n) is 2.76. The van der Waals surface area contributed by atoms with E-state index in [4.69, 9.17) is 16.3 Å². The summed E-state index contributed by atoms with van der Waals surface area (Å²) in [5, 5.41) is 3.84. The number of hydrogen-bond donors (Lipinski definition) is 1. The van der Waals surface area contributed by atoms with Crippen molar-refractivity contribution in [1.82, 2.24) is 0 Å². The average molecular weight is 326 g/mol. The largest absolute Gasteiger partial charge is 0.492 e. The molecule has 112 valence electrons. The number of ether oxygens (including phenoxy) is 1. The SMILES string of the molecule is CS(=O)(=O)c1cccc(OCCNc2cccc(Cl)c2)c1. The highest BCUT2D eigenvalue weighted by Gasteiger charge is 2.07. The van der Waals surface area contributed by atoms with Crippen molar-refractivity contribution in [2.45, 2.75) is 4.90 Å². The summed E-state index contributed by atoms with van der Waals surface area (Å²) in [6.45, 7) is 1.00. The minimum Gasteiger partial charge on any atom is -0.492 e. The molecule has 0 aliphatic heterocycles. The highest BCUT2D eigenvalue weighted by Crippen LogP contribution is 2.17. The number of hydrogen-bond acceptors (Lipinski definition) is 4. The van der Waals surface area contributed by atoms with Crippen LogP contribution in [0.5, 0.6) is 5.75 Å². The molecule has 6 heteroatoms. The normalized spacial score (nSPS) is 11.1. The van der Waals surface area contributed by atoms with E-state index in [9.17, 15) is 8.42 Å². The van der Waals surface area contributed by atoms with E-state index < -0.39 is 9.84 Å². The minimum absolute atomic E-state index is 0.253. The summed E-state index contributed by atoms with van der Waals surface area (Å²) in [5.74, 6) is 0.533. The van der Waals surface area contributed by atoms with Crippen LogP contribution in [0.2, 0.25) is 5.02 Å². The lowest BCUT2D eigenvalue weighted by Crippen LogP contribution is -2.11. The summed E-state index contributed by atoms with van der Waals surface area (Å²) in [5.41, 5.74) is 0.913. The van der Waals surface area contributed by atoms with Gasteiger partial charge in [0.15, 0.2) is 9.84 Å². The van der Waals surface area contributed by atoms with Gasteiger partial charge in [-0.1, -0.05) is 23.7 Å². The molecule has 0 amide bonds. The first kappa shape index (κ1) is 15.7. The quantitative estimate of drug-likeness (QED) is 0.828.